The molecule has 0 aromatic heterocycles. The van der Waals surface area contributed by atoms with Gasteiger partial charge in [0.15, 0.2) is 0 Å². The SMILES string of the molecule is O=C(C[C@H](NC(=O)OCC1c2ccccc2-c2ccccc21)C(=O)NC1(C(=O)O)CCCCC1)OCc1ccccc1. The largest absolute Gasteiger partial charge is 0.480 e. The second-order valence-electron chi connectivity index (χ2n) is 10.8. The molecule has 1 saturated carbocycles. The molecule has 2 amide bonds. The molecule has 2 aliphatic rings. The number of amides is 2. The van der Waals surface area contributed by atoms with Crippen molar-refractivity contribution in [3.05, 3.63) is 95.6 Å². The predicted molar refractivity (Wildman–Crippen MR) is 154 cm³/mol. The fraction of sp³-hybridized carbons (Fsp3) is 0.333. The molecule has 3 N–H and O–H groups in total. The summed E-state index contributed by atoms with van der Waals surface area (Å²) in [4.78, 5) is 51.3. The fourth-order valence-electron chi connectivity index (χ4n) is 5.83. The minimum Gasteiger partial charge on any atom is -0.480 e. The smallest absolute Gasteiger partial charge is 0.407 e. The lowest BCUT2D eigenvalue weighted by Crippen LogP contribution is -2.60. The molecule has 1 atom stereocenters. The van der Waals surface area contributed by atoms with E-state index in [0.29, 0.717) is 12.8 Å². The van der Waals surface area contributed by atoms with Crippen LogP contribution in [0.4, 0.5) is 4.79 Å². The van der Waals surface area contributed by atoms with Crippen LogP contribution in [0.25, 0.3) is 11.1 Å². The number of aliphatic carboxylic acids is 1. The van der Waals surface area contributed by atoms with E-state index in [9.17, 15) is 24.3 Å². The Hall–Kier alpha value is -4.66. The van der Waals surface area contributed by atoms with Gasteiger partial charge in [0.2, 0.25) is 5.91 Å². The van der Waals surface area contributed by atoms with Gasteiger partial charge in [-0.2, -0.15) is 0 Å². The molecule has 42 heavy (non-hydrogen) atoms. The van der Waals surface area contributed by atoms with Crippen molar-refractivity contribution in [2.45, 2.75) is 62.6 Å². The van der Waals surface area contributed by atoms with Gasteiger partial charge in [0.25, 0.3) is 0 Å². The van der Waals surface area contributed by atoms with Crippen LogP contribution >= 0.6 is 0 Å². The summed E-state index contributed by atoms with van der Waals surface area (Å²) in [6, 6.07) is 23.5. The first-order chi connectivity index (χ1) is 20.4. The molecule has 0 heterocycles. The first-order valence-electron chi connectivity index (χ1n) is 14.2. The quantitative estimate of drug-likeness (QED) is 0.295. The number of alkyl carbamates (subject to hydrolysis) is 1. The van der Waals surface area contributed by atoms with Crippen molar-refractivity contribution in [1.29, 1.82) is 0 Å². The zero-order valence-electron chi connectivity index (χ0n) is 23.2. The van der Waals surface area contributed by atoms with Gasteiger partial charge < -0.3 is 25.2 Å². The number of hydrogen-bond donors (Lipinski definition) is 3. The summed E-state index contributed by atoms with van der Waals surface area (Å²) in [6.07, 6.45) is 1.33. The summed E-state index contributed by atoms with van der Waals surface area (Å²) in [5.74, 6) is -2.82. The number of nitrogens with one attached hydrogen (secondary N) is 2. The van der Waals surface area contributed by atoms with Crippen molar-refractivity contribution in [3.8, 4) is 11.1 Å². The minimum atomic E-state index is -1.45. The van der Waals surface area contributed by atoms with Crippen LogP contribution in [-0.4, -0.2) is 47.2 Å². The highest BCUT2D eigenvalue weighted by Crippen LogP contribution is 2.44. The number of ether oxygens (including phenoxy) is 2. The Morgan fingerprint density at radius 3 is 2.02 bits per heavy atom. The van der Waals surface area contributed by atoms with Gasteiger partial charge in [0.1, 0.15) is 24.8 Å². The van der Waals surface area contributed by atoms with Gasteiger partial charge in [0.05, 0.1) is 6.42 Å². The molecule has 0 spiro atoms. The van der Waals surface area contributed by atoms with Crippen molar-refractivity contribution in [2.75, 3.05) is 6.61 Å². The second-order valence-corrected chi connectivity index (χ2v) is 10.8. The van der Waals surface area contributed by atoms with Crippen molar-refractivity contribution in [1.82, 2.24) is 10.6 Å². The molecule has 0 saturated heterocycles. The van der Waals surface area contributed by atoms with Crippen molar-refractivity contribution in [2.24, 2.45) is 0 Å². The predicted octanol–water partition coefficient (Wildman–Crippen LogP) is 4.93. The number of carbonyl (C=O) groups excluding carboxylic acids is 3. The van der Waals surface area contributed by atoms with Gasteiger partial charge in [0, 0.05) is 5.92 Å². The van der Waals surface area contributed by atoms with E-state index in [0.717, 1.165) is 34.2 Å². The number of carbonyl (C=O) groups is 4. The Morgan fingerprint density at radius 1 is 0.810 bits per heavy atom. The monoisotopic (exact) mass is 570 g/mol. The van der Waals surface area contributed by atoms with Crippen molar-refractivity contribution < 1.29 is 33.8 Å². The lowest BCUT2D eigenvalue weighted by atomic mass is 9.81. The highest BCUT2D eigenvalue weighted by Gasteiger charge is 2.43. The normalized spacial score (nSPS) is 15.9. The summed E-state index contributed by atoms with van der Waals surface area (Å²) in [5.41, 5.74) is 3.53. The maximum atomic E-state index is 13.4. The third kappa shape index (κ3) is 6.46. The molecule has 0 bridgehead atoms. The zero-order valence-corrected chi connectivity index (χ0v) is 23.2. The lowest BCUT2D eigenvalue weighted by molar-refractivity contribution is -0.150. The van der Waals surface area contributed by atoms with Crippen LogP contribution in [0.2, 0.25) is 0 Å². The highest BCUT2D eigenvalue weighted by molar-refractivity contribution is 5.93. The zero-order chi connectivity index (χ0) is 29.5. The van der Waals surface area contributed by atoms with E-state index >= 15 is 0 Å². The summed E-state index contributed by atoms with van der Waals surface area (Å²) < 4.78 is 10.9. The Bertz CT molecular complexity index is 1400. The van der Waals surface area contributed by atoms with Crippen molar-refractivity contribution >= 4 is 23.9 Å². The third-order valence-electron chi connectivity index (χ3n) is 8.04. The number of hydrogen-bond acceptors (Lipinski definition) is 6. The molecule has 9 heteroatoms. The van der Waals surface area contributed by atoms with Gasteiger partial charge >= 0.3 is 18.0 Å². The molecule has 5 rings (SSSR count). The number of carboxylic acid groups (broad SMARTS) is 1. The van der Waals surface area contributed by atoms with Crippen LogP contribution in [0.3, 0.4) is 0 Å². The number of rotatable bonds is 10. The molecule has 9 nitrogen and oxygen atoms in total. The number of esters is 1. The molecule has 1 fully saturated rings. The average Bonchev–Trinajstić information content (AvgIpc) is 3.33. The molecule has 0 radical (unpaired) electrons. The summed E-state index contributed by atoms with van der Waals surface area (Å²) in [6.45, 7) is 0.0176. The Kier molecular flexibility index (Phi) is 8.85. The van der Waals surface area contributed by atoms with E-state index in [1.165, 1.54) is 0 Å². The topological polar surface area (TPSA) is 131 Å². The van der Waals surface area contributed by atoms with Gasteiger partial charge in [-0.15, -0.1) is 0 Å². The van der Waals surface area contributed by atoms with E-state index in [1.807, 2.05) is 66.7 Å². The van der Waals surface area contributed by atoms with E-state index in [-0.39, 0.29) is 32.0 Å². The van der Waals surface area contributed by atoms with E-state index < -0.39 is 41.9 Å². The van der Waals surface area contributed by atoms with Gasteiger partial charge in [-0.3, -0.25) is 9.59 Å². The molecule has 2 aliphatic carbocycles. The molecule has 3 aromatic rings. The average molecular weight is 571 g/mol. The number of benzene rings is 3. The number of fused-ring (bicyclic) bond motifs is 3. The highest BCUT2D eigenvalue weighted by atomic mass is 16.5. The molecule has 218 valence electrons. The fourth-order valence-corrected chi connectivity index (χ4v) is 5.83. The Labute approximate surface area is 244 Å². The molecular formula is C33H34N2O7. The molecule has 0 aliphatic heterocycles. The van der Waals surface area contributed by atoms with Crippen LogP contribution in [0.5, 0.6) is 0 Å². The molecule has 3 aromatic carbocycles. The van der Waals surface area contributed by atoms with E-state index in [2.05, 4.69) is 10.6 Å². The number of carboxylic acids is 1. The van der Waals surface area contributed by atoms with Crippen LogP contribution < -0.4 is 10.6 Å². The molecular weight excluding hydrogens is 536 g/mol. The molecule has 0 unspecified atom stereocenters. The van der Waals surface area contributed by atoms with Gasteiger partial charge in [-0.1, -0.05) is 98.1 Å². The van der Waals surface area contributed by atoms with Gasteiger partial charge in [-0.05, 0) is 40.7 Å². The lowest BCUT2D eigenvalue weighted by Gasteiger charge is -2.35. The maximum Gasteiger partial charge on any atom is 0.407 e. The standard InChI is InChI=1S/C33H34N2O7/c36-29(41-20-22-11-3-1-4-12-22)19-28(30(37)35-33(31(38)39)17-9-2-10-18-33)34-32(40)42-21-27-25-15-7-5-13-23(25)24-14-6-8-16-26(24)27/h1,3-8,11-16,27-28H,2,9-10,17-21H2,(H,34,40)(H,35,37)(H,38,39)/t28-/m0/s1. The summed E-state index contributed by atoms with van der Waals surface area (Å²) >= 11 is 0. The maximum absolute atomic E-state index is 13.4. The Balaban J connectivity index is 1.27. The van der Waals surface area contributed by atoms with Gasteiger partial charge in [-0.25, -0.2) is 9.59 Å². The summed E-state index contributed by atoms with van der Waals surface area (Å²) in [7, 11) is 0. The van der Waals surface area contributed by atoms with E-state index in [1.54, 1.807) is 12.1 Å². The first kappa shape index (κ1) is 28.9. The Morgan fingerprint density at radius 2 is 1.40 bits per heavy atom. The third-order valence-corrected chi connectivity index (χ3v) is 8.04. The van der Waals surface area contributed by atoms with Crippen LogP contribution in [0.1, 0.15) is 61.1 Å². The van der Waals surface area contributed by atoms with Crippen LogP contribution in [0.15, 0.2) is 78.9 Å². The van der Waals surface area contributed by atoms with Crippen molar-refractivity contribution in [3.63, 3.8) is 0 Å². The van der Waals surface area contributed by atoms with Crippen LogP contribution in [0, 0.1) is 0 Å². The minimum absolute atomic E-state index is 0.00196. The first-order valence-corrected chi connectivity index (χ1v) is 14.2. The second kappa shape index (κ2) is 12.9. The van der Waals surface area contributed by atoms with Crippen LogP contribution in [-0.2, 0) is 30.5 Å². The van der Waals surface area contributed by atoms with E-state index in [4.69, 9.17) is 9.47 Å². The summed E-state index contributed by atoms with van der Waals surface area (Å²) in [5, 5.41) is 15.1.